The number of aromatic nitrogens is 2. The lowest BCUT2D eigenvalue weighted by Crippen LogP contribution is -2.32. The number of benzene rings is 1. The molecule has 1 amide bonds. The second kappa shape index (κ2) is 7.66. The summed E-state index contributed by atoms with van der Waals surface area (Å²) in [6.45, 7) is 2.07. The molecule has 2 N–H and O–H groups in total. The first-order chi connectivity index (χ1) is 13.5. The van der Waals surface area contributed by atoms with Gasteiger partial charge < -0.3 is 5.73 Å². The standard InChI is InChI=1S/C21H18ClFN4O/c22-14-3-4-15(18(23)8-14)17-9-19(21(24)28)26-20-12-27(7-5-16(17)20)11-13-2-1-6-25-10-13/h1-4,6,8-10H,5,7,11-12H2,(H2,24,28). The number of primary amides is 1. The molecule has 28 heavy (non-hydrogen) atoms. The first-order valence-electron chi connectivity index (χ1n) is 8.90. The maximum absolute atomic E-state index is 14.6. The Bertz CT molecular complexity index is 1040. The van der Waals surface area contributed by atoms with Crippen LogP contribution in [0.3, 0.4) is 0 Å². The fraction of sp³-hybridized carbons (Fsp3) is 0.190. The summed E-state index contributed by atoms with van der Waals surface area (Å²) in [4.78, 5) is 22.6. The van der Waals surface area contributed by atoms with Gasteiger partial charge in [-0.15, -0.1) is 0 Å². The molecular formula is C21H18ClFN4O. The molecule has 0 unspecified atom stereocenters. The zero-order valence-electron chi connectivity index (χ0n) is 15.0. The van der Waals surface area contributed by atoms with Crippen LogP contribution in [0.25, 0.3) is 11.1 Å². The Morgan fingerprint density at radius 2 is 2.11 bits per heavy atom. The van der Waals surface area contributed by atoms with Crippen LogP contribution >= 0.6 is 11.6 Å². The van der Waals surface area contributed by atoms with Crippen molar-refractivity contribution in [3.05, 3.63) is 82.1 Å². The molecule has 0 aliphatic carbocycles. The van der Waals surface area contributed by atoms with Gasteiger partial charge in [-0.3, -0.25) is 14.7 Å². The summed E-state index contributed by atoms with van der Waals surface area (Å²) in [6.07, 6.45) is 4.26. The average molecular weight is 397 g/mol. The van der Waals surface area contributed by atoms with Gasteiger partial charge in [0.1, 0.15) is 11.5 Å². The molecule has 3 heterocycles. The summed E-state index contributed by atoms with van der Waals surface area (Å²) in [7, 11) is 0. The predicted molar refractivity (Wildman–Crippen MR) is 105 cm³/mol. The zero-order valence-corrected chi connectivity index (χ0v) is 15.8. The topological polar surface area (TPSA) is 72.1 Å². The van der Waals surface area contributed by atoms with E-state index in [2.05, 4.69) is 14.9 Å². The third kappa shape index (κ3) is 3.74. The Morgan fingerprint density at radius 1 is 1.25 bits per heavy atom. The molecule has 1 aliphatic heterocycles. The number of nitrogens with zero attached hydrogens (tertiary/aromatic N) is 3. The second-order valence-electron chi connectivity index (χ2n) is 6.79. The van der Waals surface area contributed by atoms with E-state index in [9.17, 15) is 9.18 Å². The Labute approximate surface area is 167 Å². The van der Waals surface area contributed by atoms with E-state index < -0.39 is 11.7 Å². The van der Waals surface area contributed by atoms with Gasteiger partial charge in [0.2, 0.25) is 0 Å². The summed E-state index contributed by atoms with van der Waals surface area (Å²) < 4.78 is 14.6. The Balaban J connectivity index is 1.73. The molecule has 1 aliphatic rings. The van der Waals surface area contributed by atoms with Crippen LogP contribution in [0.2, 0.25) is 5.02 Å². The molecule has 142 valence electrons. The van der Waals surface area contributed by atoms with Crippen molar-refractivity contribution in [1.82, 2.24) is 14.9 Å². The largest absolute Gasteiger partial charge is 0.364 e. The Hall–Kier alpha value is -2.83. The molecule has 0 bridgehead atoms. The lowest BCUT2D eigenvalue weighted by molar-refractivity contribution is 0.0995. The highest BCUT2D eigenvalue weighted by Gasteiger charge is 2.24. The number of carbonyl (C=O) groups excluding carboxylic acids is 1. The molecule has 3 aromatic rings. The van der Waals surface area contributed by atoms with Gasteiger partial charge in [-0.1, -0.05) is 17.7 Å². The molecule has 0 spiro atoms. The molecule has 2 aromatic heterocycles. The molecular weight excluding hydrogens is 379 g/mol. The summed E-state index contributed by atoms with van der Waals surface area (Å²) in [6, 6.07) is 10.0. The molecule has 0 fully saturated rings. The van der Waals surface area contributed by atoms with Crippen molar-refractivity contribution in [2.24, 2.45) is 5.73 Å². The summed E-state index contributed by atoms with van der Waals surface area (Å²) in [5.41, 5.74) is 9.43. The third-order valence-electron chi connectivity index (χ3n) is 4.86. The number of rotatable bonds is 4. The van der Waals surface area contributed by atoms with E-state index in [1.807, 2.05) is 18.3 Å². The maximum atomic E-state index is 14.6. The van der Waals surface area contributed by atoms with E-state index in [0.717, 1.165) is 29.9 Å². The van der Waals surface area contributed by atoms with Gasteiger partial charge in [-0.25, -0.2) is 9.37 Å². The number of amides is 1. The molecule has 4 rings (SSSR count). The normalized spacial score (nSPS) is 13.9. The lowest BCUT2D eigenvalue weighted by atomic mass is 9.92. The first-order valence-corrected chi connectivity index (χ1v) is 9.28. The lowest BCUT2D eigenvalue weighted by Gasteiger charge is -2.29. The molecule has 0 radical (unpaired) electrons. The van der Waals surface area contributed by atoms with Crippen LogP contribution < -0.4 is 5.73 Å². The van der Waals surface area contributed by atoms with Crippen molar-refractivity contribution in [2.45, 2.75) is 19.5 Å². The van der Waals surface area contributed by atoms with Crippen molar-refractivity contribution in [2.75, 3.05) is 6.54 Å². The third-order valence-corrected chi connectivity index (χ3v) is 5.10. The number of fused-ring (bicyclic) bond motifs is 1. The SMILES string of the molecule is NC(=O)c1cc(-c2ccc(Cl)cc2F)c2c(n1)CN(Cc1cccnc1)CC2. The highest BCUT2D eigenvalue weighted by molar-refractivity contribution is 6.30. The fourth-order valence-electron chi connectivity index (χ4n) is 3.55. The number of pyridine rings is 2. The van der Waals surface area contributed by atoms with Crippen molar-refractivity contribution in [3.63, 3.8) is 0 Å². The highest BCUT2D eigenvalue weighted by Crippen LogP contribution is 2.33. The molecule has 7 heteroatoms. The second-order valence-corrected chi connectivity index (χ2v) is 7.23. The Kier molecular flexibility index (Phi) is 5.07. The van der Waals surface area contributed by atoms with Gasteiger partial charge in [0, 0.05) is 42.6 Å². The number of halogens is 2. The van der Waals surface area contributed by atoms with Crippen molar-refractivity contribution < 1.29 is 9.18 Å². The smallest absolute Gasteiger partial charge is 0.267 e. The van der Waals surface area contributed by atoms with Crippen LogP contribution in [0.4, 0.5) is 4.39 Å². The summed E-state index contributed by atoms with van der Waals surface area (Å²) in [5, 5.41) is 0.321. The predicted octanol–water partition coefficient (Wildman–Crippen LogP) is 3.59. The minimum absolute atomic E-state index is 0.131. The molecule has 0 saturated carbocycles. The zero-order chi connectivity index (χ0) is 19.7. The van der Waals surface area contributed by atoms with Gasteiger partial charge in [0.05, 0.1) is 5.69 Å². The van der Waals surface area contributed by atoms with Crippen LogP contribution in [0.15, 0.2) is 48.8 Å². The van der Waals surface area contributed by atoms with Crippen LogP contribution in [0, 0.1) is 5.82 Å². The van der Waals surface area contributed by atoms with E-state index in [0.29, 0.717) is 29.1 Å². The number of hydrogen-bond donors (Lipinski definition) is 1. The molecule has 0 atom stereocenters. The fourth-order valence-corrected chi connectivity index (χ4v) is 3.71. The molecule has 0 saturated heterocycles. The average Bonchev–Trinajstić information content (AvgIpc) is 2.68. The van der Waals surface area contributed by atoms with E-state index in [1.165, 1.54) is 6.07 Å². The monoisotopic (exact) mass is 396 g/mol. The van der Waals surface area contributed by atoms with E-state index >= 15 is 0 Å². The minimum atomic E-state index is -0.636. The van der Waals surface area contributed by atoms with Crippen LogP contribution in [0.1, 0.15) is 27.3 Å². The van der Waals surface area contributed by atoms with Gasteiger partial charge in [0.15, 0.2) is 0 Å². The van der Waals surface area contributed by atoms with E-state index in [1.54, 1.807) is 24.4 Å². The van der Waals surface area contributed by atoms with Crippen LogP contribution in [-0.4, -0.2) is 27.3 Å². The number of carbonyl (C=O) groups is 1. The number of nitrogens with two attached hydrogens (primary N) is 1. The van der Waals surface area contributed by atoms with Gasteiger partial charge in [-0.2, -0.15) is 0 Å². The van der Waals surface area contributed by atoms with Crippen molar-refractivity contribution >= 4 is 17.5 Å². The molecule has 1 aromatic carbocycles. The van der Waals surface area contributed by atoms with Crippen molar-refractivity contribution in [1.29, 1.82) is 0 Å². The van der Waals surface area contributed by atoms with Crippen LogP contribution in [0.5, 0.6) is 0 Å². The summed E-state index contributed by atoms with van der Waals surface area (Å²) >= 11 is 5.89. The van der Waals surface area contributed by atoms with E-state index in [4.69, 9.17) is 17.3 Å². The molecule has 5 nitrogen and oxygen atoms in total. The van der Waals surface area contributed by atoms with Gasteiger partial charge in [-0.05, 0) is 53.4 Å². The first kappa shape index (κ1) is 18.5. The van der Waals surface area contributed by atoms with E-state index in [-0.39, 0.29) is 5.69 Å². The van der Waals surface area contributed by atoms with Gasteiger partial charge >= 0.3 is 0 Å². The highest BCUT2D eigenvalue weighted by atomic mass is 35.5. The number of hydrogen-bond acceptors (Lipinski definition) is 4. The maximum Gasteiger partial charge on any atom is 0.267 e. The Morgan fingerprint density at radius 3 is 2.82 bits per heavy atom. The quantitative estimate of drug-likeness (QED) is 0.731. The minimum Gasteiger partial charge on any atom is -0.364 e. The van der Waals surface area contributed by atoms with Gasteiger partial charge in [0.25, 0.3) is 5.91 Å². The van der Waals surface area contributed by atoms with Crippen molar-refractivity contribution in [3.8, 4) is 11.1 Å². The summed E-state index contributed by atoms with van der Waals surface area (Å²) in [5.74, 6) is -1.07. The van der Waals surface area contributed by atoms with Crippen LogP contribution in [-0.2, 0) is 19.5 Å².